The summed E-state index contributed by atoms with van der Waals surface area (Å²) in [6.45, 7) is 4.44. The fraction of sp³-hybridized carbons (Fsp3) is 0.174. The number of rotatable bonds is 7. The van der Waals surface area contributed by atoms with Crippen molar-refractivity contribution in [3.8, 4) is 11.4 Å². The van der Waals surface area contributed by atoms with E-state index in [0.29, 0.717) is 18.7 Å². The van der Waals surface area contributed by atoms with Gasteiger partial charge in [0, 0.05) is 30.6 Å². The van der Waals surface area contributed by atoms with Crippen LogP contribution in [0, 0.1) is 24.0 Å². The molecule has 0 spiro atoms. The maximum Gasteiger partial charge on any atom is 0.271 e. The summed E-state index contributed by atoms with van der Waals surface area (Å²) in [5.74, 6) is -0.298. The van der Waals surface area contributed by atoms with E-state index in [1.807, 2.05) is 48.9 Å². The number of nitrogens with zero attached hydrogens (tertiary/aromatic N) is 5. The molecule has 4 aromatic rings. The van der Waals surface area contributed by atoms with Gasteiger partial charge in [-0.3, -0.25) is 14.9 Å². The Hall–Kier alpha value is -4.27. The van der Waals surface area contributed by atoms with Crippen LogP contribution in [0.15, 0.2) is 66.9 Å². The van der Waals surface area contributed by atoms with Gasteiger partial charge in [-0.1, -0.05) is 18.2 Å². The Kier molecular flexibility index (Phi) is 5.80. The molecule has 2 heterocycles. The van der Waals surface area contributed by atoms with Crippen LogP contribution in [0.2, 0.25) is 0 Å². The molecule has 2 aromatic carbocycles. The highest BCUT2D eigenvalue weighted by molar-refractivity contribution is 5.92. The molecule has 32 heavy (non-hydrogen) atoms. The van der Waals surface area contributed by atoms with Gasteiger partial charge in [-0.15, -0.1) is 0 Å². The molecule has 4 rings (SSSR count). The van der Waals surface area contributed by atoms with Crippen molar-refractivity contribution in [3.63, 3.8) is 0 Å². The lowest BCUT2D eigenvalue weighted by Crippen LogP contribution is -2.26. The molecule has 0 aliphatic carbocycles. The molecule has 0 saturated carbocycles. The summed E-state index contributed by atoms with van der Waals surface area (Å²) in [6.07, 6.45) is 2.28. The lowest BCUT2D eigenvalue weighted by molar-refractivity contribution is -0.384. The third-order valence-corrected chi connectivity index (χ3v) is 5.02. The van der Waals surface area contributed by atoms with Gasteiger partial charge in [0.25, 0.3) is 11.6 Å². The number of hydrogen-bond acceptors (Lipinski definition) is 5. The normalized spacial score (nSPS) is 10.8. The third kappa shape index (κ3) is 4.56. The number of hydrogen-bond donors (Lipinski definition) is 1. The monoisotopic (exact) mass is 430 g/mol. The zero-order valence-corrected chi connectivity index (χ0v) is 17.7. The quantitative estimate of drug-likeness (QED) is 0.356. The standard InChI is InChI=1S/C23H22N6O3/c1-16-14-17(2)28(25-16)19-8-6-18(7-9-19)10-12-24-23(30)22-11-13-27(26-22)20-4-3-5-21(15-20)29(31)32/h3-9,11,13-15H,10,12H2,1-2H3,(H,24,30). The Balaban J connectivity index is 1.34. The fourth-order valence-electron chi connectivity index (χ4n) is 3.44. The largest absolute Gasteiger partial charge is 0.350 e. The smallest absolute Gasteiger partial charge is 0.271 e. The molecule has 0 radical (unpaired) electrons. The highest BCUT2D eigenvalue weighted by atomic mass is 16.6. The number of benzene rings is 2. The number of nitro benzene ring substituents is 1. The average Bonchev–Trinajstić information content (AvgIpc) is 3.41. The van der Waals surface area contributed by atoms with E-state index in [4.69, 9.17) is 0 Å². The van der Waals surface area contributed by atoms with Gasteiger partial charge in [0.15, 0.2) is 5.69 Å². The highest BCUT2D eigenvalue weighted by Gasteiger charge is 2.12. The van der Waals surface area contributed by atoms with Gasteiger partial charge in [-0.05, 0) is 56.2 Å². The Bertz CT molecular complexity index is 1270. The minimum Gasteiger partial charge on any atom is -0.350 e. The van der Waals surface area contributed by atoms with Crippen LogP contribution in [-0.2, 0) is 6.42 Å². The summed E-state index contributed by atoms with van der Waals surface area (Å²) in [7, 11) is 0. The van der Waals surface area contributed by atoms with E-state index in [0.717, 1.165) is 22.6 Å². The first kappa shape index (κ1) is 21.0. The van der Waals surface area contributed by atoms with Gasteiger partial charge in [0.05, 0.1) is 22.0 Å². The second-order valence-electron chi connectivity index (χ2n) is 7.43. The molecule has 9 heteroatoms. The van der Waals surface area contributed by atoms with Crippen molar-refractivity contribution in [1.29, 1.82) is 0 Å². The van der Waals surface area contributed by atoms with Crippen LogP contribution in [0.1, 0.15) is 27.4 Å². The summed E-state index contributed by atoms with van der Waals surface area (Å²) in [6, 6.07) is 17.8. The minimum absolute atomic E-state index is 0.0344. The van der Waals surface area contributed by atoms with Crippen molar-refractivity contribution >= 4 is 11.6 Å². The number of carbonyl (C=O) groups is 1. The van der Waals surface area contributed by atoms with E-state index < -0.39 is 4.92 Å². The van der Waals surface area contributed by atoms with Crippen molar-refractivity contribution in [2.24, 2.45) is 0 Å². The summed E-state index contributed by atoms with van der Waals surface area (Å²) >= 11 is 0. The number of aromatic nitrogens is 4. The van der Waals surface area contributed by atoms with Gasteiger partial charge < -0.3 is 5.32 Å². The van der Waals surface area contributed by atoms with Crippen LogP contribution in [0.25, 0.3) is 11.4 Å². The molecule has 0 atom stereocenters. The van der Waals surface area contributed by atoms with Crippen LogP contribution >= 0.6 is 0 Å². The molecule has 0 fully saturated rings. The molecule has 162 valence electrons. The second kappa shape index (κ2) is 8.84. The maximum absolute atomic E-state index is 12.4. The first-order valence-electron chi connectivity index (χ1n) is 10.1. The summed E-state index contributed by atoms with van der Waals surface area (Å²) in [4.78, 5) is 22.9. The zero-order valence-electron chi connectivity index (χ0n) is 17.7. The van der Waals surface area contributed by atoms with Gasteiger partial charge >= 0.3 is 0 Å². The van der Waals surface area contributed by atoms with E-state index in [1.54, 1.807) is 24.4 Å². The second-order valence-corrected chi connectivity index (χ2v) is 7.43. The molecule has 0 saturated heterocycles. The van der Waals surface area contributed by atoms with E-state index in [1.165, 1.54) is 16.8 Å². The predicted molar refractivity (Wildman–Crippen MR) is 119 cm³/mol. The minimum atomic E-state index is -0.468. The Morgan fingerprint density at radius 1 is 1.03 bits per heavy atom. The van der Waals surface area contributed by atoms with Crippen LogP contribution in [0.5, 0.6) is 0 Å². The molecule has 2 aromatic heterocycles. The molecular formula is C23H22N6O3. The van der Waals surface area contributed by atoms with Gasteiger partial charge in [-0.2, -0.15) is 10.2 Å². The van der Waals surface area contributed by atoms with Crippen molar-refractivity contribution < 1.29 is 9.72 Å². The third-order valence-electron chi connectivity index (χ3n) is 5.02. The van der Waals surface area contributed by atoms with E-state index in [2.05, 4.69) is 15.5 Å². The molecule has 1 amide bonds. The Morgan fingerprint density at radius 2 is 1.81 bits per heavy atom. The first-order valence-corrected chi connectivity index (χ1v) is 10.1. The number of nitro groups is 1. The van der Waals surface area contributed by atoms with Gasteiger partial charge in [0.2, 0.25) is 0 Å². The molecule has 9 nitrogen and oxygen atoms in total. The van der Waals surface area contributed by atoms with Crippen molar-refractivity contribution in [2.45, 2.75) is 20.3 Å². The van der Waals surface area contributed by atoms with E-state index in [-0.39, 0.29) is 17.3 Å². The number of aryl methyl sites for hydroxylation is 2. The maximum atomic E-state index is 12.4. The first-order chi connectivity index (χ1) is 15.4. The fourth-order valence-corrected chi connectivity index (χ4v) is 3.44. The number of nitrogens with one attached hydrogen (secondary N) is 1. The highest BCUT2D eigenvalue weighted by Crippen LogP contribution is 2.16. The van der Waals surface area contributed by atoms with Crippen molar-refractivity contribution in [2.75, 3.05) is 6.54 Å². The topological polar surface area (TPSA) is 108 Å². The van der Waals surface area contributed by atoms with Crippen molar-refractivity contribution in [1.82, 2.24) is 24.9 Å². The molecule has 0 bridgehead atoms. The number of amides is 1. The number of carbonyl (C=O) groups excluding carboxylic acids is 1. The number of non-ortho nitro benzene ring substituents is 1. The van der Waals surface area contributed by atoms with Crippen LogP contribution < -0.4 is 5.32 Å². The molecule has 1 N–H and O–H groups in total. The summed E-state index contributed by atoms with van der Waals surface area (Å²) in [5, 5.41) is 22.5. The molecular weight excluding hydrogens is 408 g/mol. The molecule has 0 aliphatic heterocycles. The average molecular weight is 430 g/mol. The lowest BCUT2D eigenvalue weighted by atomic mass is 10.1. The molecule has 0 unspecified atom stereocenters. The Morgan fingerprint density at radius 3 is 2.50 bits per heavy atom. The van der Waals surface area contributed by atoms with Crippen LogP contribution in [-0.4, -0.2) is 36.9 Å². The summed E-state index contributed by atoms with van der Waals surface area (Å²) in [5.41, 5.74) is 4.87. The predicted octanol–water partition coefficient (Wildman–Crippen LogP) is 3.56. The molecule has 0 aliphatic rings. The van der Waals surface area contributed by atoms with E-state index in [9.17, 15) is 14.9 Å². The zero-order chi connectivity index (χ0) is 22.7. The summed E-state index contributed by atoms with van der Waals surface area (Å²) < 4.78 is 3.35. The van der Waals surface area contributed by atoms with Gasteiger partial charge in [0.1, 0.15) is 0 Å². The van der Waals surface area contributed by atoms with Crippen LogP contribution in [0.4, 0.5) is 5.69 Å². The Labute approximate surface area is 184 Å². The lowest BCUT2D eigenvalue weighted by Gasteiger charge is -2.07. The van der Waals surface area contributed by atoms with Crippen molar-refractivity contribution in [3.05, 3.63) is 99.6 Å². The van der Waals surface area contributed by atoms with Gasteiger partial charge in [-0.25, -0.2) is 9.36 Å². The van der Waals surface area contributed by atoms with E-state index >= 15 is 0 Å². The SMILES string of the molecule is Cc1cc(C)n(-c2ccc(CCNC(=O)c3ccn(-c4cccc([N+](=O)[O-])c4)n3)cc2)n1. The van der Waals surface area contributed by atoms with Crippen LogP contribution in [0.3, 0.4) is 0 Å².